The lowest BCUT2D eigenvalue weighted by atomic mass is 10.2. The van der Waals surface area contributed by atoms with E-state index in [9.17, 15) is 4.79 Å². The van der Waals surface area contributed by atoms with E-state index in [0.29, 0.717) is 5.75 Å². The molecular weight excluding hydrogens is 204 g/mol. The van der Waals surface area contributed by atoms with E-state index in [-0.39, 0.29) is 5.91 Å². The van der Waals surface area contributed by atoms with Gasteiger partial charge in [0.1, 0.15) is 5.75 Å². The van der Waals surface area contributed by atoms with E-state index in [1.54, 1.807) is 13.1 Å². The molecule has 1 aromatic carbocycles. The molecule has 3 rings (SSSR count). The highest BCUT2D eigenvalue weighted by atomic mass is 16.5. The van der Waals surface area contributed by atoms with Crippen molar-refractivity contribution < 1.29 is 9.53 Å². The maximum atomic E-state index is 11.3. The van der Waals surface area contributed by atoms with Gasteiger partial charge in [0.05, 0.1) is 5.69 Å². The molecule has 1 unspecified atom stereocenters. The van der Waals surface area contributed by atoms with Gasteiger partial charge in [-0.1, -0.05) is 31.4 Å². The smallest absolute Gasteiger partial charge is 0.281 e. The Morgan fingerprint density at radius 1 is 1.31 bits per heavy atom. The van der Waals surface area contributed by atoms with E-state index in [1.165, 1.54) is 19.3 Å². The zero-order valence-corrected chi connectivity index (χ0v) is 9.32. The first kappa shape index (κ1) is 11.0. The van der Waals surface area contributed by atoms with Gasteiger partial charge in [-0.15, -0.1) is 0 Å². The van der Waals surface area contributed by atoms with Gasteiger partial charge in [-0.05, 0) is 19.2 Å². The highest BCUT2D eigenvalue weighted by Gasteiger charge is 2.25. The van der Waals surface area contributed by atoms with Crippen molar-refractivity contribution in [2.24, 2.45) is 0 Å². The Kier molecular flexibility index (Phi) is 3.41. The molecular formula is C12H16N2O2. The number of hydrogen-bond acceptors (Lipinski definition) is 3. The summed E-state index contributed by atoms with van der Waals surface area (Å²) in [5.74, 6) is 0.530. The minimum atomic E-state index is -0.588. The number of ether oxygens (including phenoxy) is 1. The van der Waals surface area contributed by atoms with Crippen LogP contribution in [0.25, 0.3) is 0 Å². The second-order valence-electron chi connectivity index (χ2n) is 3.83. The highest BCUT2D eigenvalue weighted by molar-refractivity contribution is 5.97. The summed E-state index contributed by atoms with van der Waals surface area (Å²) in [7, 11) is 1.68. The summed E-state index contributed by atoms with van der Waals surface area (Å²) in [6.45, 7) is 0. The van der Waals surface area contributed by atoms with Gasteiger partial charge in [-0.2, -0.15) is 0 Å². The highest BCUT2D eigenvalue weighted by Crippen LogP contribution is 2.27. The molecule has 1 fully saturated rings. The molecule has 1 aromatic rings. The SMILES string of the molecule is C1CC1.CNC1Oc2ccccc2NC1=O. The fourth-order valence-electron chi connectivity index (χ4n) is 1.24. The van der Waals surface area contributed by atoms with Gasteiger partial charge < -0.3 is 10.1 Å². The molecule has 1 heterocycles. The summed E-state index contributed by atoms with van der Waals surface area (Å²) < 4.78 is 5.37. The normalized spacial score (nSPS) is 20.8. The first-order valence-corrected chi connectivity index (χ1v) is 5.55. The van der Waals surface area contributed by atoms with Crippen molar-refractivity contribution >= 4 is 11.6 Å². The van der Waals surface area contributed by atoms with Gasteiger partial charge in [0.25, 0.3) is 5.91 Å². The largest absolute Gasteiger partial charge is 0.464 e. The predicted molar refractivity (Wildman–Crippen MR) is 62.4 cm³/mol. The number of anilines is 1. The van der Waals surface area contributed by atoms with Crippen molar-refractivity contribution in [2.45, 2.75) is 25.5 Å². The van der Waals surface area contributed by atoms with E-state index >= 15 is 0 Å². The standard InChI is InChI=1S/C9H10N2O2.C3H6/c1-10-9-8(12)11-6-4-2-3-5-7(6)13-9;1-2-3-1/h2-5,9-10H,1H3,(H,11,12);1-3H2. The fraction of sp³-hybridized carbons (Fsp3) is 0.417. The van der Waals surface area contributed by atoms with Crippen LogP contribution in [0.3, 0.4) is 0 Å². The van der Waals surface area contributed by atoms with Gasteiger partial charge in [-0.3, -0.25) is 10.1 Å². The summed E-state index contributed by atoms with van der Waals surface area (Å²) in [5.41, 5.74) is 0.721. The van der Waals surface area contributed by atoms with Crippen LogP contribution in [0.1, 0.15) is 19.3 Å². The molecule has 1 aliphatic carbocycles. The number of para-hydroxylation sites is 2. The van der Waals surface area contributed by atoms with E-state index in [2.05, 4.69) is 10.6 Å². The molecule has 1 atom stereocenters. The Labute approximate surface area is 95.0 Å². The van der Waals surface area contributed by atoms with E-state index in [4.69, 9.17) is 4.74 Å². The molecule has 2 aliphatic rings. The number of nitrogens with one attached hydrogen (secondary N) is 2. The minimum absolute atomic E-state index is 0.166. The van der Waals surface area contributed by atoms with Gasteiger partial charge in [0, 0.05) is 0 Å². The third-order valence-electron chi connectivity index (χ3n) is 2.24. The maximum Gasteiger partial charge on any atom is 0.281 e. The number of hydrogen-bond donors (Lipinski definition) is 2. The van der Waals surface area contributed by atoms with Crippen LogP contribution in [0.2, 0.25) is 0 Å². The quantitative estimate of drug-likeness (QED) is 0.757. The van der Waals surface area contributed by atoms with E-state index < -0.39 is 6.23 Å². The second-order valence-corrected chi connectivity index (χ2v) is 3.83. The summed E-state index contributed by atoms with van der Waals surface area (Å²) >= 11 is 0. The van der Waals surface area contributed by atoms with Crippen molar-refractivity contribution in [2.75, 3.05) is 12.4 Å². The monoisotopic (exact) mass is 220 g/mol. The van der Waals surface area contributed by atoms with Crippen molar-refractivity contribution in [3.63, 3.8) is 0 Å². The fourth-order valence-corrected chi connectivity index (χ4v) is 1.24. The van der Waals surface area contributed by atoms with Crippen LogP contribution in [0.5, 0.6) is 5.75 Å². The van der Waals surface area contributed by atoms with Crippen molar-refractivity contribution in [3.8, 4) is 5.75 Å². The third-order valence-corrected chi connectivity index (χ3v) is 2.24. The summed E-state index contributed by atoms with van der Waals surface area (Å²) in [4.78, 5) is 11.3. The molecule has 1 saturated carbocycles. The first-order valence-electron chi connectivity index (χ1n) is 5.55. The molecule has 1 amide bonds. The molecule has 0 radical (unpaired) electrons. The number of likely N-dealkylation sites (N-methyl/N-ethyl adjacent to an activating group) is 1. The van der Waals surface area contributed by atoms with Gasteiger partial charge in [-0.25, -0.2) is 0 Å². The summed E-state index contributed by atoms with van der Waals surface area (Å²) in [6, 6.07) is 7.34. The maximum absolute atomic E-state index is 11.3. The minimum Gasteiger partial charge on any atom is -0.464 e. The summed E-state index contributed by atoms with van der Waals surface area (Å²) in [6.07, 6.45) is 3.91. The van der Waals surface area contributed by atoms with Crippen molar-refractivity contribution in [3.05, 3.63) is 24.3 Å². The Morgan fingerprint density at radius 3 is 2.62 bits per heavy atom. The topological polar surface area (TPSA) is 50.4 Å². The lowest BCUT2D eigenvalue weighted by Gasteiger charge is -2.24. The number of carbonyl (C=O) groups is 1. The molecule has 1 aliphatic heterocycles. The Hall–Kier alpha value is -1.55. The molecule has 16 heavy (non-hydrogen) atoms. The molecule has 86 valence electrons. The van der Waals surface area contributed by atoms with Crippen LogP contribution in [0, 0.1) is 0 Å². The van der Waals surface area contributed by atoms with Crippen LogP contribution in [0.4, 0.5) is 5.69 Å². The van der Waals surface area contributed by atoms with E-state index in [0.717, 1.165) is 5.69 Å². The second kappa shape index (κ2) is 4.99. The van der Waals surface area contributed by atoms with Crippen molar-refractivity contribution in [1.82, 2.24) is 5.32 Å². The van der Waals surface area contributed by atoms with Crippen LogP contribution in [-0.4, -0.2) is 19.2 Å². The number of rotatable bonds is 1. The Bertz CT molecular complexity index is 374. The van der Waals surface area contributed by atoms with Crippen LogP contribution in [-0.2, 0) is 4.79 Å². The zero-order chi connectivity index (χ0) is 11.4. The lowest BCUT2D eigenvalue weighted by molar-refractivity contribution is -0.124. The van der Waals surface area contributed by atoms with Crippen molar-refractivity contribution in [1.29, 1.82) is 0 Å². The molecule has 0 spiro atoms. The number of benzene rings is 1. The van der Waals surface area contributed by atoms with Gasteiger partial charge in [0.15, 0.2) is 0 Å². The zero-order valence-electron chi connectivity index (χ0n) is 9.32. The third kappa shape index (κ3) is 2.73. The number of carbonyl (C=O) groups excluding carboxylic acids is 1. The number of fused-ring (bicyclic) bond motifs is 1. The van der Waals surface area contributed by atoms with Gasteiger partial charge >= 0.3 is 0 Å². The van der Waals surface area contributed by atoms with Crippen LogP contribution in [0.15, 0.2) is 24.3 Å². The van der Waals surface area contributed by atoms with E-state index in [1.807, 2.05) is 18.2 Å². The molecule has 4 heteroatoms. The molecule has 0 aromatic heterocycles. The first-order chi connectivity index (χ1) is 7.81. The molecule has 4 nitrogen and oxygen atoms in total. The molecule has 0 bridgehead atoms. The lowest BCUT2D eigenvalue weighted by Crippen LogP contribution is -2.45. The summed E-state index contributed by atoms with van der Waals surface area (Å²) in [5, 5.41) is 5.49. The van der Waals surface area contributed by atoms with Gasteiger partial charge in [0.2, 0.25) is 6.23 Å². The molecule has 0 saturated heterocycles. The average Bonchev–Trinajstić information content (AvgIpc) is 3.15. The number of amides is 1. The predicted octanol–water partition coefficient (Wildman–Crippen LogP) is 1.73. The molecule has 2 N–H and O–H groups in total. The van der Waals surface area contributed by atoms with Crippen LogP contribution < -0.4 is 15.4 Å². The average molecular weight is 220 g/mol. The Balaban J connectivity index is 0.000000278. The van der Waals surface area contributed by atoms with Crippen LogP contribution >= 0.6 is 0 Å². The Morgan fingerprint density at radius 2 is 2.00 bits per heavy atom.